The number of fused-ring (bicyclic) bond motifs is 1. The van der Waals surface area contributed by atoms with E-state index in [4.69, 9.17) is 13.8 Å². The van der Waals surface area contributed by atoms with E-state index in [1.807, 2.05) is 0 Å². The second-order valence-corrected chi connectivity index (χ2v) is 8.00. The largest absolute Gasteiger partial charge is 0.444 e. The number of hydrogen-bond donors (Lipinski definition) is 0. The van der Waals surface area contributed by atoms with E-state index in [1.54, 1.807) is 13.8 Å². The summed E-state index contributed by atoms with van der Waals surface area (Å²) in [7, 11) is -3.14. The second kappa shape index (κ2) is 8.27. The van der Waals surface area contributed by atoms with Gasteiger partial charge in [-0.1, -0.05) is 6.42 Å². The van der Waals surface area contributed by atoms with Crippen LogP contribution in [0, 0.1) is 0 Å². The Bertz CT molecular complexity index is 473. The lowest BCUT2D eigenvalue weighted by molar-refractivity contribution is -0.129. The summed E-state index contributed by atoms with van der Waals surface area (Å²) in [5, 5.41) is 0. The third-order valence-corrected chi connectivity index (χ3v) is 6.36. The minimum absolute atomic E-state index is 0.130. The first-order valence-electron chi connectivity index (χ1n) is 8.41. The molecule has 8 heteroatoms. The molecule has 1 aliphatic heterocycles. The predicted octanol–water partition coefficient (Wildman–Crippen LogP) is 3.32. The van der Waals surface area contributed by atoms with Crippen LogP contribution in [0.5, 0.6) is 0 Å². The summed E-state index contributed by atoms with van der Waals surface area (Å²) in [5.74, 6) is -0.260. The number of carbonyl (C=O) groups excluding carboxylic acids is 2. The van der Waals surface area contributed by atoms with Gasteiger partial charge in [0.05, 0.1) is 25.4 Å². The molecule has 1 saturated heterocycles. The van der Waals surface area contributed by atoms with Crippen molar-refractivity contribution in [3.63, 3.8) is 0 Å². The van der Waals surface area contributed by atoms with Gasteiger partial charge in [0, 0.05) is 6.42 Å². The fraction of sp³-hybridized carbons (Fsp3) is 0.867. The summed E-state index contributed by atoms with van der Waals surface area (Å²) in [6.45, 7) is 4.10. The normalized spacial score (nSPS) is 24.4. The molecular weight excluding hydrogens is 321 g/mol. The van der Waals surface area contributed by atoms with Crippen LogP contribution < -0.4 is 0 Å². The third kappa shape index (κ3) is 4.55. The highest BCUT2D eigenvalue weighted by Gasteiger charge is 2.45. The number of nitrogens with zero attached hydrogens (tertiary/aromatic N) is 1. The van der Waals surface area contributed by atoms with Crippen molar-refractivity contribution in [2.75, 3.05) is 19.4 Å². The zero-order valence-corrected chi connectivity index (χ0v) is 14.8. The Balaban J connectivity index is 1.86. The van der Waals surface area contributed by atoms with E-state index < -0.39 is 13.7 Å². The first kappa shape index (κ1) is 18.4. The van der Waals surface area contributed by atoms with Gasteiger partial charge >= 0.3 is 13.7 Å². The first-order valence-corrected chi connectivity index (χ1v) is 10.1. The Hall–Kier alpha value is -0.910. The van der Waals surface area contributed by atoms with E-state index in [0.29, 0.717) is 19.6 Å². The summed E-state index contributed by atoms with van der Waals surface area (Å²) < 4.78 is 28.0. The summed E-state index contributed by atoms with van der Waals surface area (Å²) in [4.78, 5) is 25.6. The van der Waals surface area contributed by atoms with Crippen molar-refractivity contribution in [3.05, 3.63) is 0 Å². The smallest absolute Gasteiger partial charge is 0.417 e. The number of amides is 2. The van der Waals surface area contributed by atoms with Gasteiger partial charge in [-0.25, -0.2) is 9.69 Å². The second-order valence-electron chi connectivity index (χ2n) is 5.81. The van der Waals surface area contributed by atoms with Crippen LogP contribution in [0.25, 0.3) is 0 Å². The molecule has 0 radical (unpaired) electrons. The minimum Gasteiger partial charge on any atom is -0.444 e. The number of imide groups is 1. The van der Waals surface area contributed by atoms with E-state index in [2.05, 4.69) is 0 Å². The lowest BCUT2D eigenvalue weighted by Gasteiger charge is -2.26. The monoisotopic (exact) mass is 347 g/mol. The molecule has 1 saturated carbocycles. The molecule has 23 heavy (non-hydrogen) atoms. The molecule has 1 heterocycles. The van der Waals surface area contributed by atoms with Crippen LogP contribution in [0.3, 0.4) is 0 Å². The summed E-state index contributed by atoms with van der Waals surface area (Å²) >= 11 is 0. The van der Waals surface area contributed by atoms with E-state index in [1.165, 1.54) is 4.90 Å². The van der Waals surface area contributed by atoms with Crippen molar-refractivity contribution in [2.45, 2.75) is 64.5 Å². The molecule has 2 atom stereocenters. The van der Waals surface area contributed by atoms with Crippen molar-refractivity contribution >= 4 is 19.6 Å². The highest BCUT2D eigenvalue weighted by molar-refractivity contribution is 7.53. The van der Waals surface area contributed by atoms with Crippen LogP contribution >= 0.6 is 7.60 Å². The molecule has 2 aliphatic rings. The maximum Gasteiger partial charge on any atom is 0.417 e. The van der Waals surface area contributed by atoms with E-state index in [-0.39, 0.29) is 30.6 Å². The molecule has 0 N–H and O–H groups in total. The average Bonchev–Trinajstić information content (AvgIpc) is 2.83. The summed E-state index contributed by atoms with van der Waals surface area (Å²) in [5.41, 5.74) is 0. The molecule has 132 valence electrons. The molecule has 2 fully saturated rings. The molecule has 0 aromatic carbocycles. The molecular formula is C15H26NO6P. The number of rotatable bonds is 8. The lowest BCUT2D eigenvalue weighted by Crippen LogP contribution is -2.42. The number of ether oxygens (including phenoxy) is 1. The van der Waals surface area contributed by atoms with Gasteiger partial charge < -0.3 is 13.8 Å². The Morgan fingerprint density at radius 2 is 1.91 bits per heavy atom. The Kier molecular flexibility index (Phi) is 6.62. The average molecular weight is 347 g/mol. The van der Waals surface area contributed by atoms with Gasteiger partial charge in [0.2, 0.25) is 5.91 Å². The molecule has 7 nitrogen and oxygen atoms in total. The van der Waals surface area contributed by atoms with Gasteiger partial charge in [-0.2, -0.15) is 0 Å². The van der Waals surface area contributed by atoms with Crippen LogP contribution in [0.15, 0.2) is 0 Å². The van der Waals surface area contributed by atoms with E-state index in [0.717, 1.165) is 25.7 Å². The topological polar surface area (TPSA) is 82.1 Å². The Morgan fingerprint density at radius 3 is 2.57 bits per heavy atom. The highest BCUT2D eigenvalue weighted by atomic mass is 31.2. The minimum atomic E-state index is -3.14. The Labute approximate surface area is 137 Å². The summed E-state index contributed by atoms with van der Waals surface area (Å²) in [6.07, 6.45) is 3.65. The van der Waals surface area contributed by atoms with E-state index >= 15 is 0 Å². The van der Waals surface area contributed by atoms with Gasteiger partial charge in [-0.3, -0.25) is 9.36 Å². The van der Waals surface area contributed by atoms with Crippen LogP contribution in [0.2, 0.25) is 0 Å². The quantitative estimate of drug-likeness (QED) is 0.627. The maximum atomic E-state index is 12.4. The Morgan fingerprint density at radius 1 is 1.26 bits per heavy atom. The van der Waals surface area contributed by atoms with Gasteiger partial charge in [-0.15, -0.1) is 0 Å². The van der Waals surface area contributed by atoms with Crippen LogP contribution in [0.1, 0.15) is 52.4 Å². The molecule has 0 aromatic heterocycles. The molecule has 0 aromatic rings. The number of hydrogen-bond acceptors (Lipinski definition) is 6. The van der Waals surface area contributed by atoms with Gasteiger partial charge in [0.15, 0.2) is 0 Å². The van der Waals surface area contributed by atoms with Gasteiger partial charge in [0.1, 0.15) is 6.10 Å². The lowest BCUT2D eigenvalue weighted by atomic mass is 9.92. The molecule has 0 bridgehead atoms. The standard InChI is InChI=1S/C15H26NO6P/c1-3-20-23(19,21-4-2)11-7-10-14(17)16-12-8-5-6-9-13(12)22-15(16)18/h12-13H,3-11H2,1-2H3/t12-,13-/m1/s1. The molecule has 2 rings (SSSR count). The fourth-order valence-corrected chi connectivity index (χ4v) is 4.89. The number of carbonyl (C=O) groups is 2. The zero-order chi connectivity index (χ0) is 16.9. The maximum absolute atomic E-state index is 12.4. The van der Waals surface area contributed by atoms with Crippen LogP contribution in [-0.2, 0) is 23.1 Å². The zero-order valence-electron chi connectivity index (χ0n) is 13.9. The van der Waals surface area contributed by atoms with Crippen molar-refractivity contribution in [1.29, 1.82) is 0 Å². The SMILES string of the molecule is CCOP(=O)(CCCC(=O)N1C(=O)O[C@@H]2CCCC[C@H]21)OCC. The summed E-state index contributed by atoms with van der Waals surface area (Å²) in [6, 6.07) is -0.130. The predicted molar refractivity (Wildman–Crippen MR) is 84.3 cm³/mol. The molecule has 2 amide bonds. The van der Waals surface area contributed by atoms with Crippen molar-refractivity contribution < 1.29 is 27.9 Å². The van der Waals surface area contributed by atoms with Gasteiger partial charge in [0.25, 0.3) is 0 Å². The van der Waals surface area contributed by atoms with E-state index in [9.17, 15) is 14.2 Å². The highest BCUT2D eigenvalue weighted by Crippen LogP contribution is 2.48. The molecule has 1 aliphatic carbocycles. The van der Waals surface area contributed by atoms with Crippen molar-refractivity contribution in [1.82, 2.24) is 4.90 Å². The third-order valence-electron chi connectivity index (χ3n) is 4.19. The van der Waals surface area contributed by atoms with Gasteiger partial charge in [-0.05, 0) is 39.5 Å². The van der Waals surface area contributed by atoms with Crippen molar-refractivity contribution in [2.24, 2.45) is 0 Å². The van der Waals surface area contributed by atoms with Crippen LogP contribution in [0.4, 0.5) is 4.79 Å². The van der Waals surface area contributed by atoms with Crippen molar-refractivity contribution in [3.8, 4) is 0 Å². The van der Waals surface area contributed by atoms with Crippen LogP contribution in [-0.4, -0.2) is 48.4 Å². The molecule has 0 unspecified atom stereocenters. The first-order chi connectivity index (χ1) is 11.0. The molecule has 0 spiro atoms. The fourth-order valence-electron chi connectivity index (χ4n) is 3.22.